The number of hydrogen-bond acceptors (Lipinski definition) is 3. The van der Waals surface area contributed by atoms with Gasteiger partial charge in [0.1, 0.15) is 5.38 Å². The highest BCUT2D eigenvalue weighted by Gasteiger charge is 2.17. The first-order chi connectivity index (χ1) is 8.51. The van der Waals surface area contributed by atoms with Crippen LogP contribution < -0.4 is 9.47 Å². The maximum atomic E-state index is 11.7. The number of hydrogen-bond donors (Lipinski definition) is 0. The first-order valence-corrected chi connectivity index (χ1v) is 6.03. The molecule has 5 heteroatoms. The summed E-state index contributed by atoms with van der Waals surface area (Å²) < 4.78 is 10.5. The zero-order chi connectivity index (χ0) is 13.7. The van der Waals surface area contributed by atoms with Crippen LogP contribution in [0, 0.1) is 0 Å². The van der Waals surface area contributed by atoms with E-state index in [1.54, 1.807) is 33.1 Å². The van der Waals surface area contributed by atoms with Crippen molar-refractivity contribution in [3.05, 3.63) is 23.8 Å². The maximum Gasteiger partial charge on any atom is 0.240 e. The number of nitrogens with zero attached hydrogens (tertiary/aromatic N) is 1. The van der Waals surface area contributed by atoms with E-state index in [0.29, 0.717) is 18.0 Å². The molecule has 0 radical (unpaired) electrons. The van der Waals surface area contributed by atoms with Gasteiger partial charge < -0.3 is 14.4 Å². The molecule has 1 amide bonds. The Morgan fingerprint density at radius 3 is 2.56 bits per heavy atom. The Morgan fingerprint density at radius 2 is 2.06 bits per heavy atom. The van der Waals surface area contributed by atoms with Gasteiger partial charge in [-0.1, -0.05) is 12.1 Å². The Hall–Kier alpha value is -1.42. The van der Waals surface area contributed by atoms with Crippen molar-refractivity contribution in [3.8, 4) is 11.5 Å². The minimum atomic E-state index is -0.536. The van der Waals surface area contributed by atoms with Gasteiger partial charge in [0.05, 0.1) is 14.2 Å². The number of alkyl halides is 1. The number of rotatable bonds is 5. The molecule has 1 atom stereocenters. The van der Waals surface area contributed by atoms with Crippen molar-refractivity contribution in [2.45, 2.75) is 18.8 Å². The Morgan fingerprint density at radius 1 is 1.39 bits per heavy atom. The van der Waals surface area contributed by atoms with Gasteiger partial charge in [0.2, 0.25) is 5.91 Å². The van der Waals surface area contributed by atoms with Crippen LogP contribution >= 0.6 is 11.6 Å². The van der Waals surface area contributed by atoms with Crippen molar-refractivity contribution in [2.24, 2.45) is 0 Å². The summed E-state index contributed by atoms with van der Waals surface area (Å²) in [4.78, 5) is 13.3. The van der Waals surface area contributed by atoms with Crippen molar-refractivity contribution in [2.75, 3.05) is 21.3 Å². The molecule has 0 saturated carbocycles. The summed E-state index contributed by atoms with van der Waals surface area (Å²) >= 11 is 5.77. The normalized spacial score (nSPS) is 11.8. The van der Waals surface area contributed by atoms with Gasteiger partial charge >= 0.3 is 0 Å². The molecular formula is C13H18ClNO3. The van der Waals surface area contributed by atoms with Gasteiger partial charge in [-0.2, -0.15) is 0 Å². The summed E-state index contributed by atoms with van der Waals surface area (Å²) in [5.41, 5.74) is 0.880. The zero-order valence-corrected chi connectivity index (χ0v) is 11.8. The van der Waals surface area contributed by atoms with Crippen molar-refractivity contribution < 1.29 is 14.3 Å². The molecule has 1 unspecified atom stereocenters. The first kappa shape index (κ1) is 14.6. The second-order valence-electron chi connectivity index (χ2n) is 3.96. The fraction of sp³-hybridized carbons (Fsp3) is 0.462. The SMILES string of the molecule is COc1cccc(CN(C)C(=O)C(C)Cl)c1OC. The fourth-order valence-electron chi connectivity index (χ4n) is 1.72. The Kier molecular flexibility index (Phi) is 5.28. The number of benzene rings is 1. The second-order valence-corrected chi connectivity index (χ2v) is 4.62. The molecule has 0 spiro atoms. The number of carbonyl (C=O) groups excluding carboxylic acids is 1. The molecule has 0 fully saturated rings. The van der Waals surface area contributed by atoms with Crippen molar-refractivity contribution in [3.63, 3.8) is 0 Å². The van der Waals surface area contributed by atoms with E-state index in [2.05, 4.69) is 0 Å². The molecule has 100 valence electrons. The Bertz CT molecular complexity index is 421. The average Bonchev–Trinajstić information content (AvgIpc) is 2.37. The summed E-state index contributed by atoms with van der Waals surface area (Å²) in [5, 5.41) is -0.536. The monoisotopic (exact) mass is 271 g/mol. The molecule has 1 aromatic rings. The van der Waals surface area contributed by atoms with Gasteiger partial charge in [0.15, 0.2) is 11.5 Å². The molecule has 0 saturated heterocycles. The molecule has 0 aliphatic carbocycles. The van der Waals surface area contributed by atoms with Crippen LogP contribution in [0.2, 0.25) is 0 Å². The predicted octanol–water partition coefficient (Wildman–Crippen LogP) is 2.29. The lowest BCUT2D eigenvalue weighted by Crippen LogP contribution is -2.31. The molecule has 4 nitrogen and oxygen atoms in total. The molecule has 0 aromatic heterocycles. The largest absolute Gasteiger partial charge is 0.493 e. The van der Waals surface area contributed by atoms with E-state index in [4.69, 9.17) is 21.1 Å². The smallest absolute Gasteiger partial charge is 0.240 e. The molecule has 0 N–H and O–H groups in total. The quantitative estimate of drug-likeness (QED) is 0.772. The number of halogens is 1. The van der Waals surface area contributed by atoms with Gasteiger partial charge in [-0.15, -0.1) is 11.6 Å². The van der Waals surface area contributed by atoms with E-state index in [1.807, 2.05) is 18.2 Å². The third-order valence-corrected chi connectivity index (χ3v) is 2.80. The third-order valence-electron chi connectivity index (χ3n) is 2.61. The van der Waals surface area contributed by atoms with Gasteiger partial charge in [0, 0.05) is 19.2 Å². The van der Waals surface area contributed by atoms with Gasteiger partial charge in [-0.05, 0) is 13.0 Å². The van der Waals surface area contributed by atoms with Crippen LogP contribution in [0.25, 0.3) is 0 Å². The molecule has 0 bridgehead atoms. The highest BCUT2D eigenvalue weighted by atomic mass is 35.5. The van der Waals surface area contributed by atoms with Crippen LogP contribution in [0.1, 0.15) is 12.5 Å². The molecule has 1 aromatic carbocycles. The fourth-order valence-corrected chi connectivity index (χ4v) is 1.88. The number of methoxy groups -OCH3 is 2. The van der Waals surface area contributed by atoms with Crippen LogP contribution in [0.4, 0.5) is 0 Å². The second kappa shape index (κ2) is 6.50. The highest BCUT2D eigenvalue weighted by molar-refractivity contribution is 6.30. The lowest BCUT2D eigenvalue weighted by atomic mass is 10.1. The number of para-hydroxylation sites is 1. The summed E-state index contributed by atoms with van der Waals surface area (Å²) in [6.07, 6.45) is 0. The van der Waals surface area contributed by atoms with Crippen LogP contribution in [0.5, 0.6) is 11.5 Å². The Balaban J connectivity index is 2.94. The van der Waals surface area contributed by atoms with E-state index in [9.17, 15) is 4.79 Å². The van der Waals surface area contributed by atoms with Crippen molar-refractivity contribution in [1.29, 1.82) is 0 Å². The molecule has 0 aliphatic heterocycles. The Labute approximate surface area is 112 Å². The lowest BCUT2D eigenvalue weighted by Gasteiger charge is -2.20. The van der Waals surface area contributed by atoms with Crippen LogP contribution in [-0.4, -0.2) is 37.5 Å². The van der Waals surface area contributed by atoms with Crippen molar-refractivity contribution >= 4 is 17.5 Å². The number of ether oxygens (including phenoxy) is 2. The van der Waals surface area contributed by atoms with Crippen molar-refractivity contribution in [1.82, 2.24) is 4.90 Å². The highest BCUT2D eigenvalue weighted by Crippen LogP contribution is 2.31. The minimum Gasteiger partial charge on any atom is -0.493 e. The summed E-state index contributed by atoms with van der Waals surface area (Å²) in [6.45, 7) is 2.08. The van der Waals surface area contributed by atoms with Gasteiger partial charge in [-0.3, -0.25) is 4.79 Å². The molecule has 18 heavy (non-hydrogen) atoms. The van der Waals surface area contributed by atoms with E-state index >= 15 is 0 Å². The number of carbonyl (C=O) groups is 1. The molecule has 1 rings (SSSR count). The van der Waals surface area contributed by atoms with Crippen LogP contribution in [-0.2, 0) is 11.3 Å². The lowest BCUT2D eigenvalue weighted by molar-refractivity contribution is -0.129. The topological polar surface area (TPSA) is 38.8 Å². The summed E-state index contributed by atoms with van der Waals surface area (Å²) in [5.74, 6) is 1.16. The van der Waals surface area contributed by atoms with E-state index < -0.39 is 5.38 Å². The van der Waals surface area contributed by atoms with Crippen LogP contribution in [0.3, 0.4) is 0 Å². The first-order valence-electron chi connectivity index (χ1n) is 5.60. The zero-order valence-electron chi connectivity index (χ0n) is 11.1. The predicted molar refractivity (Wildman–Crippen MR) is 71.3 cm³/mol. The summed E-state index contributed by atoms with van der Waals surface area (Å²) in [6, 6.07) is 5.57. The van der Waals surface area contributed by atoms with Gasteiger partial charge in [-0.25, -0.2) is 0 Å². The summed E-state index contributed by atoms with van der Waals surface area (Å²) in [7, 11) is 4.87. The van der Waals surface area contributed by atoms with Crippen LogP contribution in [0.15, 0.2) is 18.2 Å². The van der Waals surface area contributed by atoms with Gasteiger partial charge in [0.25, 0.3) is 0 Å². The number of amides is 1. The average molecular weight is 272 g/mol. The maximum absolute atomic E-state index is 11.7. The van der Waals surface area contributed by atoms with E-state index in [-0.39, 0.29) is 5.91 Å². The van der Waals surface area contributed by atoms with E-state index in [1.165, 1.54) is 0 Å². The molecular weight excluding hydrogens is 254 g/mol. The molecule has 0 aliphatic rings. The van der Waals surface area contributed by atoms with E-state index in [0.717, 1.165) is 5.56 Å². The molecule has 0 heterocycles. The third kappa shape index (κ3) is 3.29. The minimum absolute atomic E-state index is 0.124. The standard InChI is InChI=1S/C13H18ClNO3/c1-9(14)13(16)15(2)8-10-6-5-7-11(17-3)12(10)18-4/h5-7,9H,8H2,1-4H3.